The fourth-order valence-corrected chi connectivity index (χ4v) is 11.1. The summed E-state index contributed by atoms with van der Waals surface area (Å²) in [6, 6.07) is 38.0. The molecule has 39 heavy (non-hydrogen) atoms. The van der Waals surface area contributed by atoms with Crippen molar-refractivity contribution in [3.05, 3.63) is 137 Å². The molecular weight excluding hydrogens is 558 g/mol. The van der Waals surface area contributed by atoms with Crippen LogP contribution in [0.15, 0.2) is 109 Å². The van der Waals surface area contributed by atoms with E-state index in [0.717, 1.165) is 21.9 Å². The molecule has 5 aromatic carbocycles. The van der Waals surface area contributed by atoms with Gasteiger partial charge in [0.2, 0.25) is 0 Å². The van der Waals surface area contributed by atoms with Gasteiger partial charge in [-0.15, -0.1) is 0 Å². The minimum absolute atomic E-state index is 0.0506. The first-order valence-corrected chi connectivity index (χ1v) is 17.1. The number of phenolic OH excluding ortho intramolecular Hbond substituents is 1. The molecule has 1 heterocycles. The SMILES string of the molecule is CC(C)(C)c1ccc2c(C#Cc3ccccc3C3=Cc4ccccc4P3(=[Se])c3ccccc3)c(O)ccc2c1. The van der Waals surface area contributed by atoms with E-state index in [9.17, 15) is 5.11 Å². The van der Waals surface area contributed by atoms with Crippen molar-refractivity contribution in [3.63, 3.8) is 0 Å². The Morgan fingerprint density at radius 1 is 0.744 bits per heavy atom. The molecule has 0 bridgehead atoms. The monoisotopic (exact) mass is 588 g/mol. The summed E-state index contributed by atoms with van der Waals surface area (Å²) in [7, 11) is 0. The standard InChI is InChI=1S/C36H29OPSe/c1-36(2,3)28-19-21-30-26(23-28)18-22-33(37)32(30)20-17-25-11-7-9-15-31(25)35-24-27-12-8-10-16-34(27)38(35,39)29-13-5-4-6-14-29/h4-16,18-19,21-24,37H,1-3H3. The molecule has 1 unspecified atom stereocenters. The second-order valence-electron chi connectivity index (χ2n) is 11.0. The van der Waals surface area contributed by atoms with Crippen LogP contribution in [-0.4, -0.2) is 20.2 Å². The number of rotatable bonds is 2. The van der Waals surface area contributed by atoms with Crippen LogP contribution < -0.4 is 10.6 Å². The van der Waals surface area contributed by atoms with E-state index in [0.29, 0.717) is 5.56 Å². The van der Waals surface area contributed by atoms with Gasteiger partial charge in [0.1, 0.15) is 0 Å². The maximum absolute atomic E-state index is 10.8. The molecule has 1 atom stereocenters. The van der Waals surface area contributed by atoms with Gasteiger partial charge in [-0.05, 0) is 0 Å². The average molecular weight is 588 g/mol. The van der Waals surface area contributed by atoms with Crippen molar-refractivity contribution in [2.24, 2.45) is 0 Å². The van der Waals surface area contributed by atoms with E-state index in [1.54, 1.807) is 6.07 Å². The molecule has 1 aliphatic rings. The molecule has 1 N–H and O–H groups in total. The summed E-state index contributed by atoms with van der Waals surface area (Å²) >= 11 is 3.68. The van der Waals surface area contributed by atoms with E-state index >= 15 is 0 Å². The number of hydrogen-bond acceptors (Lipinski definition) is 1. The molecule has 6 rings (SSSR count). The molecule has 0 spiro atoms. The average Bonchev–Trinajstić information content (AvgIpc) is 3.26. The van der Waals surface area contributed by atoms with Crippen molar-refractivity contribution in [1.29, 1.82) is 0 Å². The Kier molecular flexibility index (Phi) is 6.49. The van der Waals surface area contributed by atoms with Crippen LogP contribution in [-0.2, 0) is 5.41 Å². The van der Waals surface area contributed by atoms with Crippen molar-refractivity contribution in [2.75, 3.05) is 0 Å². The minimum atomic E-state index is -1.97. The molecule has 0 amide bonds. The third-order valence-corrected chi connectivity index (χ3v) is 14.4. The Morgan fingerprint density at radius 3 is 2.26 bits per heavy atom. The fraction of sp³-hybridized carbons (Fsp3) is 0.111. The van der Waals surface area contributed by atoms with Crippen LogP contribution in [0, 0.1) is 11.8 Å². The Balaban J connectivity index is 1.50. The molecule has 190 valence electrons. The number of aromatic hydroxyl groups is 1. The third-order valence-electron chi connectivity index (χ3n) is 7.42. The molecule has 1 nitrogen and oxygen atoms in total. The van der Waals surface area contributed by atoms with Crippen molar-refractivity contribution in [1.82, 2.24) is 0 Å². The topological polar surface area (TPSA) is 20.2 Å². The van der Waals surface area contributed by atoms with Gasteiger partial charge in [-0.3, -0.25) is 0 Å². The van der Waals surface area contributed by atoms with Crippen molar-refractivity contribution >= 4 is 53.4 Å². The van der Waals surface area contributed by atoms with Gasteiger partial charge in [-0.25, -0.2) is 0 Å². The predicted molar refractivity (Wildman–Crippen MR) is 169 cm³/mol. The molecule has 5 aromatic rings. The second-order valence-corrected chi connectivity index (χ2v) is 17.1. The zero-order valence-corrected chi connectivity index (χ0v) is 24.9. The number of phenols is 1. The maximum atomic E-state index is 10.8. The van der Waals surface area contributed by atoms with Crippen LogP contribution in [0.1, 0.15) is 48.6 Å². The summed E-state index contributed by atoms with van der Waals surface area (Å²) < 4.78 is 0. The van der Waals surface area contributed by atoms with E-state index in [1.807, 2.05) is 12.1 Å². The van der Waals surface area contributed by atoms with Gasteiger partial charge in [-0.2, -0.15) is 0 Å². The third kappa shape index (κ3) is 4.52. The summed E-state index contributed by atoms with van der Waals surface area (Å²) in [5.41, 5.74) is 3.35. The van der Waals surface area contributed by atoms with Crippen LogP contribution in [0.4, 0.5) is 0 Å². The summed E-state index contributed by atoms with van der Waals surface area (Å²) in [6.45, 7) is 6.64. The van der Waals surface area contributed by atoms with E-state index in [2.05, 4.69) is 145 Å². The molecule has 0 aromatic heterocycles. The predicted octanol–water partition coefficient (Wildman–Crippen LogP) is 7.81. The van der Waals surface area contributed by atoms with Gasteiger partial charge < -0.3 is 0 Å². The van der Waals surface area contributed by atoms with Gasteiger partial charge in [-0.1, -0.05) is 20.8 Å². The molecule has 0 aliphatic carbocycles. The number of hydrogen-bond donors (Lipinski definition) is 1. The first-order chi connectivity index (χ1) is 18.8. The zero-order chi connectivity index (χ0) is 27.2. The van der Waals surface area contributed by atoms with Crippen LogP contribution >= 0.6 is 5.51 Å². The van der Waals surface area contributed by atoms with Crippen LogP contribution in [0.25, 0.3) is 22.2 Å². The van der Waals surface area contributed by atoms with Crippen molar-refractivity contribution in [2.45, 2.75) is 26.2 Å². The summed E-state index contributed by atoms with van der Waals surface area (Å²) in [5, 5.41) is 16.8. The normalized spacial score (nSPS) is 16.3. The number of fused-ring (bicyclic) bond motifs is 2. The van der Waals surface area contributed by atoms with Crippen LogP contribution in [0.2, 0.25) is 0 Å². The first-order valence-electron chi connectivity index (χ1n) is 13.1. The van der Waals surface area contributed by atoms with Gasteiger partial charge in [0.15, 0.2) is 0 Å². The van der Waals surface area contributed by atoms with E-state index in [4.69, 9.17) is 0 Å². The Bertz CT molecular complexity index is 1880. The Hall–Kier alpha value is -3.59. The van der Waals surface area contributed by atoms with Crippen LogP contribution in [0.5, 0.6) is 5.75 Å². The van der Waals surface area contributed by atoms with Gasteiger partial charge >= 0.3 is 219 Å². The molecule has 0 fully saturated rings. The molecule has 0 saturated heterocycles. The Morgan fingerprint density at radius 2 is 1.46 bits per heavy atom. The second kappa shape index (κ2) is 9.86. The summed E-state index contributed by atoms with van der Waals surface area (Å²) in [5.74, 6) is 7.02. The molecule has 0 radical (unpaired) electrons. The van der Waals surface area contributed by atoms with Gasteiger partial charge in [0.25, 0.3) is 0 Å². The van der Waals surface area contributed by atoms with Gasteiger partial charge in [0.05, 0.1) is 0 Å². The molecule has 3 heteroatoms. The molecule has 1 aliphatic heterocycles. The van der Waals surface area contributed by atoms with E-state index in [-0.39, 0.29) is 11.2 Å². The first kappa shape index (κ1) is 25.7. The summed E-state index contributed by atoms with van der Waals surface area (Å²) in [6.07, 6.45) is 2.33. The summed E-state index contributed by atoms with van der Waals surface area (Å²) in [4.78, 5) is 0. The quantitative estimate of drug-likeness (QED) is 0.127. The van der Waals surface area contributed by atoms with Crippen molar-refractivity contribution in [3.8, 4) is 17.6 Å². The molecular formula is C36H29OPSe. The number of benzene rings is 5. The van der Waals surface area contributed by atoms with Crippen molar-refractivity contribution < 1.29 is 5.11 Å². The van der Waals surface area contributed by atoms with Gasteiger partial charge in [0, 0.05) is 0 Å². The zero-order valence-electron chi connectivity index (χ0n) is 22.3. The molecule has 0 saturated carbocycles. The van der Waals surface area contributed by atoms with Crippen LogP contribution in [0.3, 0.4) is 0 Å². The van der Waals surface area contributed by atoms with E-state index < -0.39 is 5.51 Å². The van der Waals surface area contributed by atoms with E-state index in [1.165, 1.54) is 27.1 Å². The fourth-order valence-electron chi connectivity index (χ4n) is 5.29. The Labute approximate surface area is 238 Å².